The lowest BCUT2D eigenvalue weighted by Crippen LogP contribution is -2.19. The highest BCUT2D eigenvalue weighted by Crippen LogP contribution is 2.27. The lowest BCUT2D eigenvalue weighted by molar-refractivity contribution is -0.153. The summed E-state index contributed by atoms with van der Waals surface area (Å²) in [6.45, 7) is -1.40. The van der Waals surface area contributed by atoms with E-state index >= 15 is 0 Å². The Hall–Kier alpha value is -3.56. The van der Waals surface area contributed by atoms with Crippen LogP contribution in [0.2, 0.25) is 0 Å². The number of nitrogens with zero attached hydrogens (tertiary/aromatic N) is 2. The number of methoxy groups -OCH3 is 1. The van der Waals surface area contributed by atoms with E-state index < -0.39 is 18.7 Å². The van der Waals surface area contributed by atoms with Gasteiger partial charge in [-0.1, -0.05) is 12.1 Å². The third kappa shape index (κ3) is 4.78. The molecule has 0 radical (unpaired) electrons. The van der Waals surface area contributed by atoms with E-state index in [1.807, 2.05) is 6.07 Å². The van der Waals surface area contributed by atoms with E-state index in [1.54, 1.807) is 18.2 Å². The Labute approximate surface area is 157 Å². The molecule has 7 nitrogen and oxygen atoms in total. The maximum atomic E-state index is 12.3. The molecule has 0 bridgehead atoms. The fourth-order valence-electron chi connectivity index (χ4n) is 2.32. The van der Waals surface area contributed by atoms with Crippen molar-refractivity contribution in [1.82, 2.24) is 15.2 Å². The van der Waals surface area contributed by atoms with Crippen molar-refractivity contribution in [3.05, 3.63) is 54.1 Å². The van der Waals surface area contributed by atoms with Crippen LogP contribution in [0, 0.1) is 0 Å². The van der Waals surface area contributed by atoms with Crippen molar-refractivity contribution in [3.63, 3.8) is 0 Å². The Morgan fingerprint density at radius 1 is 1.14 bits per heavy atom. The first-order valence-electron chi connectivity index (χ1n) is 8.02. The first kappa shape index (κ1) is 19.2. The van der Waals surface area contributed by atoms with Crippen LogP contribution in [0.3, 0.4) is 0 Å². The number of anilines is 1. The van der Waals surface area contributed by atoms with Crippen LogP contribution in [0.15, 0.2) is 48.5 Å². The predicted octanol–water partition coefficient (Wildman–Crippen LogP) is 3.67. The van der Waals surface area contributed by atoms with E-state index in [2.05, 4.69) is 25.2 Å². The molecule has 146 valence electrons. The summed E-state index contributed by atoms with van der Waals surface area (Å²) in [7, 11) is 1.53. The summed E-state index contributed by atoms with van der Waals surface area (Å²) in [6.07, 6.45) is -4.43. The Morgan fingerprint density at radius 3 is 2.54 bits per heavy atom. The molecule has 0 aliphatic carbocycles. The van der Waals surface area contributed by atoms with Gasteiger partial charge < -0.3 is 9.47 Å². The molecule has 2 aromatic carbocycles. The van der Waals surface area contributed by atoms with Crippen LogP contribution < -0.4 is 14.8 Å². The van der Waals surface area contributed by atoms with Crippen molar-refractivity contribution >= 4 is 11.9 Å². The van der Waals surface area contributed by atoms with Crippen LogP contribution >= 0.6 is 0 Å². The Morgan fingerprint density at radius 2 is 1.86 bits per heavy atom. The number of aromatic nitrogens is 3. The van der Waals surface area contributed by atoms with Crippen molar-refractivity contribution in [2.24, 2.45) is 0 Å². The largest absolute Gasteiger partial charge is 0.496 e. The molecule has 0 aliphatic heterocycles. The molecule has 0 spiro atoms. The minimum atomic E-state index is -4.43. The number of carbonyl (C=O) groups excluding carboxylic acids is 1. The number of alkyl halides is 3. The van der Waals surface area contributed by atoms with Gasteiger partial charge in [0.25, 0.3) is 5.91 Å². The summed E-state index contributed by atoms with van der Waals surface area (Å²) in [5, 5.41) is 9.15. The highest BCUT2D eigenvalue weighted by molar-refractivity contribution is 6.03. The number of rotatable bonds is 6. The Balaban J connectivity index is 1.66. The minimum Gasteiger partial charge on any atom is -0.496 e. The number of halogens is 3. The molecule has 0 saturated carbocycles. The molecule has 0 unspecified atom stereocenters. The molecule has 0 atom stereocenters. The molecule has 10 heteroatoms. The number of hydrogen-bond donors (Lipinski definition) is 2. The predicted molar refractivity (Wildman–Crippen MR) is 94.3 cm³/mol. The van der Waals surface area contributed by atoms with Crippen LogP contribution in [-0.2, 0) is 0 Å². The standard InChI is InChI=1S/C18H15F3N4O3/c1-27-14-5-3-2-4-13(14)15-22-17(25-24-15)23-16(26)11-6-8-12(9-7-11)28-10-18(19,20)21/h2-9H,10H2,1H3,(H2,22,23,24,25,26). The number of carbonyl (C=O) groups is 1. The maximum absolute atomic E-state index is 12.3. The van der Waals surface area contributed by atoms with E-state index in [1.165, 1.54) is 31.4 Å². The molecule has 3 rings (SSSR count). The van der Waals surface area contributed by atoms with E-state index in [9.17, 15) is 18.0 Å². The molecule has 0 fully saturated rings. The SMILES string of the molecule is COc1ccccc1-c1nc(NC(=O)c2ccc(OCC(F)(F)F)cc2)n[nH]1. The quantitative estimate of drug-likeness (QED) is 0.668. The lowest BCUT2D eigenvalue weighted by atomic mass is 10.2. The molecule has 0 aliphatic rings. The number of hydrogen-bond acceptors (Lipinski definition) is 5. The number of para-hydroxylation sites is 1. The van der Waals surface area contributed by atoms with Gasteiger partial charge in [0.15, 0.2) is 12.4 Å². The van der Waals surface area contributed by atoms with Gasteiger partial charge in [-0.15, -0.1) is 5.10 Å². The smallest absolute Gasteiger partial charge is 0.422 e. The van der Waals surface area contributed by atoms with Crippen molar-refractivity contribution in [2.75, 3.05) is 19.0 Å². The summed E-state index contributed by atoms with van der Waals surface area (Å²) in [5.74, 6) is 0.524. The number of ether oxygens (including phenoxy) is 2. The second-order valence-corrected chi connectivity index (χ2v) is 5.59. The molecular weight excluding hydrogens is 377 g/mol. The average Bonchev–Trinajstić information content (AvgIpc) is 3.14. The van der Waals surface area contributed by atoms with E-state index in [0.717, 1.165) is 0 Å². The molecule has 3 aromatic rings. The van der Waals surface area contributed by atoms with Gasteiger partial charge in [-0.25, -0.2) is 0 Å². The molecule has 0 saturated heterocycles. The molecule has 1 heterocycles. The molecule has 28 heavy (non-hydrogen) atoms. The van der Waals surface area contributed by atoms with Crippen LogP contribution in [0.4, 0.5) is 19.1 Å². The normalized spacial score (nSPS) is 11.1. The summed E-state index contributed by atoms with van der Waals surface area (Å²) < 4.78 is 46.3. The maximum Gasteiger partial charge on any atom is 0.422 e. The van der Waals surface area contributed by atoms with Gasteiger partial charge in [0.2, 0.25) is 5.95 Å². The van der Waals surface area contributed by atoms with Crippen molar-refractivity contribution in [1.29, 1.82) is 0 Å². The van der Waals surface area contributed by atoms with Crippen molar-refractivity contribution in [3.8, 4) is 22.9 Å². The van der Waals surface area contributed by atoms with Crippen molar-refractivity contribution < 1.29 is 27.4 Å². The first-order chi connectivity index (χ1) is 13.4. The molecule has 1 aromatic heterocycles. The van der Waals surface area contributed by atoms with E-state index in [0.29, 0.717) is 17.1 Å². The molecule has 1 amide bonds. The number of nitrogens with one attached hydrogen (secondary N) is 2. The summed E-state index contributed by atoms with van der Waals surface area (Å²) >= 11 is 0. The van der Waals surface area contributed by atoms with E-state index in [-0.39, 0.29) is 17.3 Å². The van der Waals surface area contributed by atoms with Gasteiger partial charge in [0.05, 0.1) is 12.7 Å². The van der Waals surface area contributed by atoms with Gasteiger partial charge >= 0.3 is 6.18 Å². The van der Waals surface area contributed by atoms with Crippen molar-refractivity contribution in [2.45, 2.75) is 6.18 Å². The topological polar surface area (TPSA) is 89.1 Å². The number of benzene rings is 2. The summed E-state index contributed by atoms with van der Waals surface area (Å²) in [6, 6.07) is 12.4. The van der Waals surface area contributed by atoms with Gasteiger partial charge in [-0.05, 0) is 36.4 Å². The highest BCUT2D eigenvalue weighted by Gasteiger charge is 2.28. The molecular formula is C18H15F3N4O3. The van der Waals surface area contributed by atoms with Gasteiger partial charge in [0.1, 0.15) is 11.5 Å². The minimum absolute atomic E-state index is 0.00484. The second kappa shape index (κ2) is 7.99. The zero-order chi connectivity index (χ0) is 20.1. The fourth-order valence-corrected chi connectivity index (χ4v) is 2.32. The Bertz CT molecular complexity index is 955. The zero-order valence-corrected chi connectivity index (χ0v) is 14.6. The Kier molecular flexibility index (Phi) is 5.48. The van der Waals surface area contributed by atoms with Gasteiger partial charge in [0, 0.05) is 5.56 Å². The summed E-state index contributed by atoms with van der Waals surface area (Å²) in [5.41, 5.74) is 0.882. The number of aromatic amines is 1. The summed E-state index contributed by atoms with van der Waals surface area (Å²) in [4.78, 5) is 16.5. The van der Waals surface area contributed by atoms with Crippen LogP contribution in [0.5, 0.6) is 11.5 Å². The van der Waals surface area contributed by atoms with Crippen LogP contribution in [0.1, 0.15) is 10.4 Å². The van der Waals surface area contributed by atoms with E-state index in [4.69, 9.17) is 4.74 Å². The third-order valence-electron chi connectivity index (χ3n) is 3.59. The van der Waals surface area contributed by atoms with Gasteiger partial charge in [-0.3, -0.25) is 15.2 Å². The molecule has 2 N–H and O–H groups in total. The second-order valence-electron chi connectivity index (χ2n) is 5.59. The number of amides is 1. The van der Waals surface area contributed by atoms with Crippen LogP contribution in [0.25, 0.3) is 11.4 Å². The average molecular weight is 392 g/mol. The first-order valence-corrected chi connectivity index (χ1v) is 8.02. The highest BCUT2D eigenvalue weighted by atomic mass is 19.4. The zero-order valence-electron chi connectivity index (χ0n) is 14.6. The lowest BCUT2D eigenvalue weighted by Gasteiger charge is -2.09. The number of H-pyrrole nitrogens is 1. The monoisotopic (exact) mass is 392 g/mol. The third-order valence-corrected chi connectivity index (χ3v) is 3.59. The van der Waals surface area contributed by atoms with Crippen LogP contribution in [-0.4, -0.2) is 41.0 Å². The van der Waals surface area contributed by atoms with Gasteiger partial charge in [-0.2, -0.15) is 18.2 Å². The fraction of sp³-hybridized carbons (Fsp3) is 0.167.